The molecule has 1 amide bonds. The summed E-state index contributed by atoms with van der Waals surface area (Å²) in [6.45, 7) is 4.91. The highest BCUT2D eigenvalue weighted by atomic mass is 32.1. The molecule has 4 nitrogen and oxygen atoms in total. The number of ether oxygens (including phenoxy) is 1. The Bertz CT molecular complexity index is 651. The Labute approximate surface area is 134 Å². The van der Waals surface area contributed by atoms with Crippen LogP contribution < -0.4 is 10.1 Å². The average molecular weight is 316 g/mol. The second-order valence-corrected chi connectivity index (χ2v) is 6.58. The zero-order valence-electron chi connectivity index (χ0n) is 12.8. The molecule has 3 rings (SSSR count). The summed E-state index contributed by atoms with van der Waals surface area (Å²) < 4.78 is 5.57. The van der Waals surface area contributed by atoms with Gasteiger partial charge in [0.2, 0.25) is 5.91 Å². The fourth-order valence-electron chi connectivity index (χ4n) is 2.29. The Morgan fingerprint density at radius 3 is 2.77 bits per heavy atom. The molecule has 1 aliphatic rings. The van der Waals surface area contributed by atoms with Crippen LogP contribution in [0.15, 0.2) is 29.6 Å². The van der Waals surface area contributed by atoms with E-state index in [9.17, 15) is 4.79 Å². The summed E-state index contributed by atoms with van der Waals surface area (Å²) in [6.07, 6.45) is 1.99. The summed E-state index contributed by atoms with van der Waals surface area (Å²) >= 11 is 1.46. The molecule has 2 aromatic rings. The van der Waals surface area contributed by atoms with Crippen LogP contribution in [0.3, 0.4) is 0 Å². The van der Waals surface area contributed by atoms with Crippen LogP contribution in [0, 0.1) is 11.8 Å². The number of benzene rings is 1. The number of anilines is 1. The quantitative estimate of drug-likeness (QED) is 0.869. The van der Waals surface area contributed by atoms with Crippen LogP contribution >= 0.6 is 11.3 Å². The molecular formula is C17H20N2O2S. The molecule has 1 saturated carbocycles. The van der Waals surface area contributed by atoms with Crippen molar-refractivity contribution in [3.8, 4) is 17.0 Å². The third-order valence-electron chi connectivity index (χ3n) is 3.80. The van der Waals surface area contributed by atoms with Crippen molar-refractivity contribution in [1.82, 2.24) is 4.98 Å². The first-order valence-corrected chi connectivity index (χ1v) is 8.55. The van der Waals surface area contributed by atoms with Gasteiger partial charge in [-0.1, -0.05) is 13.8 Å². The molecule has 1 aromatic heterocycles. The summed E-state index contributed by atoms with van der Waals surface area (Å²) in [5, 5.41) is 5.55. The minimum Gasteiger partial charge on any atom is -0.494 e. The fourth-order valence-corrected chi connectivity index (χ4v) is 3.01. The third kappa shape index (κ3) is 3.47. The van der Waals surface area contributed by atoms with Gasteiger partial charge >= 0.3 is 0 Å². The number of rotatable bonds is 6. The van der Waals surface area contributed by atoms with E-state index in [1.54, 1.807) is 0 Å². The molecule has 5 heteroatoms. The van der Waals surface area contributed by atoms with E-state index in [4.69, 9.17) is 4.74 Å². The summed E-state index contributed by atoms with van der Waals surface area (Å²) in [5.74, 6) is 1.64. The van der Waals surface area contributed by atoms with Crippen molar-refractivity contribution in [3.05, 3.63) is 29.6 Å². The highest BCUT2D eigenvalue weighted by Crippen LogP contribution is 2.38. The topological polar surface area (TPSA) is 51.2 Å². The Hall–Kier alpha value is -1.88. The molecule has 1 aliphatic carbocycles. The van der Waals surface area contributed by atoms with Gasteiger partial charge in [-0.15, -0.1) is 11.3 Å². The van der Waals surface area contributed by atoms with E-state index in [0.717, 1.165) is 36.5 Å². The zero-order chi connectivity index (χ0) is 15.5. The first-order chi connectivity index (χ1) is 10.7. The second kappa shape index (κ2) is 6.48. The van der Waals surface area contributed by atoms with Gasteiger partial charge in [-0.05, 0) is 43.0 Å². The number of nitrogens with one attached hydrogen (secondary N) is 1. The molecule has 0 radical (unpaired) electrons. The maximum Gasteiger partial charge on any atom is 0.229 e. The molecule has 22 heavy (non-hydrogen) atoms. The van der Waals surface area contributed by atoms with Crippen LogP contribution in [0.25, 0.3) is 11.3 Å². The predicted molar refractivity (Wildman–Crippen MR) is 89.2 cm³/mol. The molecule has 1 fully saturated rings. The lowest BCUT2D eigenvalue weighted by atomic mass is 10.2. The molecule has 1 heterocycles. The smallest absolute Gasteiger partial charge is 0.229 e. The maximum absolute atomic E-state index is 11.9. The number of carbonyl (C=O) groups is 1. The molecule has 0 spiro atoms. The first-order valence-electron chi connectivity index (χ1n) is 7.67. The Morgan fingerprint density at radius 1 is 1.41 bits per heavy atom. The van der Waals surface area contributed by atoms with Crippen molar-refractivity contribution in [2.45, 2.75) is 26.7 Å². The zero-order valence-corrected chi connectivity index (χ0v) is 13.7. The Morgan fingerprint density at radius 2 is 2.14 bits per heavy atom. The van der Waals surface area contributed by atoms with Crippen molar-refractivity contribution in [1.29, 1.82) is 0 Å². The van der Waals surface area contributed by atoms with Crippen molar-refractivity contribution >= 4 is 22.4 Å². The Balaban J connectivity index is 1.64. The molecule has 116 valence electrons. The average Bonchev–Trinajstić information content (AvgIpc) is 3.08. The van der Waals surface area contributed by atoms with Crippen LogP contribution in [-0.2, 0) is 4.79 Å². The molecule has 2 atom stereocenters. The lowest BCUT2D eigenvalue weighted by molar-refractivity contribution is -0.117. The van der Waals surface area contributed by atoms with Gasteiger partial charge in [-0.25, -0.2) is 4.98 Å². The lowest BCUT2D eigenvalue weighted by Crippen LogP contribution is -2.14. The summed E-state index contributed by atoms with van der Waals surface area (Å²) in [4.78, 5) is 16.4. The minimum atomic E-state index is 0.0942. The number of hydrogen-bond acceptors (Lipinski definition) is 4. The van der Waals surface area contributed by atoms with Gasteiger partial charge in [0.15, 0.2) is 5.13 Å². The van der Waals surface area contributed by atoms with E-state index in [1.807, 2.05) is 29.6 Å². The summed E-state index contributed by atoms with van der Waals surface area (Å²) in [6, 6.07) is 7.90. The molecule has 1 aromatic carbocycles. The summed E-state index contributed by atoms with van der Waals surface area (Å²) in [5.41, 5.74) is 1.91. The first kappa shape index (κ1) is 15.0. The van der Waals surface area contributed by atoms with Crippen molar-refractivity contribution in [3.63, 3.8) is 0 Å². The van der Waals surface area contributed by atoms with E-state index >= 15 is 0 Å². The maximum atomic E-state index is 11.9. The molecular weight excluding hydrogens is 296 g/mol. The number of nitrogens with zero attached hydrogens (tertiary/aromatic N) is 1. The van der Waals surface area contributed by atoms with Gasteiger partial charge in [0.1, 0.15) is 5.75 Å². The van der Waals surface area contributed by atoms with Gasteiger partial charge in [0, 0.05) is 16.9 Å². The molecule has 0 saturated heterocycles. The van der Waals surface area contributed by atoms with Gasteiger partial charge in [0.05, 0.1) is 12.3 Å². The lowest BCUT2D eigenvalue weighted by Gasteiger charge is -2.04. The van der Waals surface area contributed by atoms with Gasteiger partial charge in [-0.3, -0.25) is 4.79 Å². The number of hydrogen-bond donors (Lipinski definition) is 1. The van der Waals surface area contributed by atoms with E-state index in [2.05, 4.69) is 24.1 Å². The molecule has 0 aliphatic heterocycles. The summed E-state index contributed by atoms with van der Waals surface area (Å²) in [7, 11) is 0. The normalized spacial score (nSPS) is 19.7. The van der Waals surface area contributed by atoms with Crippen LogP contribution in [0.5, 0.6) is 5.75 Å². The van der Waals surface area contributed by atoms with E-state index in [-0.39, 0.29) is 11.8 Å². The number of amides is 1. The van der Waals surface area contributed by atoms with Crippen molar-refractivity contribution in [2.75, 3.05) is 11.9 Å². The molecule has 0 unspecified atom stereocenters. The van der Waals surface area contributed by atoms with Gasteiger partial charge in [0.25, 0.3) is 0 Å². The standard InChI is InChI=1S/C17H20N2O2S/c1-3-8-21-13-6-4-12(5-7-13)15-10-22-17(18-15)19-16(20)14-9-11(14)2/h4-7,10-11,14H,3,8-9H2,1-2H3,(H,18,19,20)/t11-,14-/m1/s1. The van der Waals surface area contributed by atoms with Crippen molar-refractivity contribution in [2.24, 2.45) is 11.8 Å². The van der Waals surface area contributed by atoms with Crippen LogP contribution in [0.2, 0.25) is 0 Å². The van der Waals surface area contributed by atoms with Crippen molar-refractivity contribution < 1.29 is 9.53 Å². The number of aromatic nitrogens is 1. The monoisotopic (exact) mass is 316 g/mol. The van der Waals surface area contributed by atoms with Crippen LogP contribution in [-0.4, -0.2) is 17.5 Å². The molecule has 0 bridgehead atoms. The van der Waals surface area contributed by atoms with Gasteiger partial charge < -0.3 is 10.1 Å². The Kier molecular flexibility index (Phi) is 4.43. The highest BCUT2D eigenvalue weighted by Gasteiger charge is 2.39. The SMILES string of the molecule is CCCOc1ccc(-c2csc(NC(=O)[C@@H]3C[C@H]3C)n2)cc1. The second-order valence-electron chi connectivity index (χ2n) is 5.72. The predicted octanol–water partition coefficient (Wildman–Crippen LogP) is 4.19. The largest absolute Gasteiger partial charge is 0.494 e. The van der Waals surface area contributed by atoms with E-state index in [1.165, 1.54) is 11.3 Å². The van der Waals surface area contributed by atoms with Crippen LogP contribution in [0.1, 0.15) is 26.7 Å². The molecule has 1 N–H and O–H groups in total. The third-order valence-corrected chi connectivity index (χ3v) is 4.56. The highest BCUT2D eigenvalue weighted by molar-refractivity contribution is 7.14. The van der Waals surface area contributed by atoms with E-state index < -0.39 is 0 Å². The van der Waals surface area contributed by atoms with Crippen LogP contribution in [0.4, 0.5) is 5.13 Å². The minimum absolute atomic E-state index is 0.0942. The fraction of sp³-hybridized carbons (Fsp3) is 0.412. The number of thiazole rings is 1. The van der Waals surface area contributed by atoms with E-state index in [0.29, 0.717) is 11.0 Å². The number of carbonyl (C=O) groups excluding carboxylic acids is 1. The van der Waals surface area contributed by atoms with Gasteiger partial charge in [-0.2, -0.15) is 0 Å².